The highest BCUT2D eigenvalue weighted by molar-refractivity contribution is 7.09. The van der Waals surface area contributed by atoms with E-state index in [1.54, 1.807) is 29.5 Å². The fraction of sp³-hybridized carbons (Fsp3) is 0.400. The molecule has 0 aliphatic rings. The first-order valence-electron chi connectivity index (χ1n) is 6.67. The van der Waals surface area contributed by atoms with Gasteiger partial charge >= 0.3 is 0 Å². The van der Waals surface area contributed by atoms with Crippen LogP contribution >= 0.6 is 22.9 Å². The Balaban J connectivity index is 2.10. The van der Waals surface area contributed by atoms with Crippen LogP contribution in [0.5, 0.6) is 0 Å². The lowest BCUT2D eigenvalue weighted by Gasteiger charge is -2.17. The van der Waals surface area contributed by atoms with Crippen molar-refractivity contribution < 1.29 is 4.39 Å². The number of benzene rings is 1. The second kappa shape index (κ2) is 7.16. The first-order valence-corrected chi connectivity index (χ1v) is 7.93. The summed E-state index contributed by atoms with van der Waals surface area (Å²) in [4.78, 5) is 4.47. The zero-order valence-corrected chi connectivity index (χ0v) is 13.2. The van der Waals surface area contributed by atoms with Gasteiger partial charge in [0.15, 0.2) is 0 Å². The smallest absolute Gasteiger partial charge is 0.145 e. The van der Waals surface area contributed by atoms with Crippen LogP contribution in [-0.2, 0) is 12.8 Å². The number of hydrogen-bond donors (Lipinski definition) is 1. The predicted molar refractivity (Wildman–Crippen MR) is 83.1 cm³/mol. The largest absolute Gasteiger partial charge is 0.314 e. The average Bonchev–Trinajstić information content (AvgIpc) is 2.81. The third-order valence-corrected chi connectivity index (χ3v) is 4.36. The van der Waals surface area contributed by atoms with E-state index in [1.165, 1.54) is 0 Å². The Morgan fingerprint density at radius 2 is 2.20 bits per heavy atom. The van der Waals surface area contributed by atoms with Crippen LogP contribution in [0.2, 0.25) is 5.02 Å². The number of nitrogens with zero attached hydrogens (tertiary/aromatic N) is 1. The molecule has 0 spiro atoms. The predicted octanol–water partition coefficient (Wildman–Crippen LogP) is 4.01. The van der Waals surface area contributed by atoms with E-state index in [0.717, 1.165) is 23.7 Å². The van der Waals surface area contributed by atoms with Crippen LogP contribution in [0, 0.1) is 12.7 Å². The summed E-state index contributed by atoms with van der Waals surface area (Å²) in [6.07, 6.45) is 1.41. The molecule has 2 rings (SSSR count). The molecule has 1 aromatic carbocycles. The molecule has 0 aliphatic heterocycles. The van der Waals surface area contributed by atoms with Crippen molar-refractivity contribution in [3.05, 3.63) is 50.7 Å². The van der Waals surface area contributed by atoms with Gasteiger partial charge in [-0.1, -0.05) is 30.7 Å². The summed E-state index contributed by atoms with van der Waals surface area (Å²) in [6, 6.07) is 5.32. The second-order valence-corrected chi connectivity index (χ2v) is 6.11. The van der Waals surface area contributed by atoms with E-state index in [4.69, 9.17) is 11.6 Å². The van der Waals surface area contributed by atoms with Crippen LogP contribution < -0.4 is 5.32 Å². The minimum atomic E-state index is -0.313. The van der Waals surface area contributed by atoms with Crippen molar-refractivity contribution in [3.63, 3.8) is 0 Å². The topological polar surface area (TPSA) is 24.9 Å². The number of hydrogen-bond acceptors (Lipinski definition) is 3. The molecule has 1 atom stereocenters. The zero-order valence-electron chi connectivity index (χ0n) is 11.6. The molecule has 0 radical (unpaired) electrons. The van der Waals surface area contributed by atoms with E-state index in [-0.39, 0.29) is 16.9 Å². The van der Waals surface area contributed by atoms with E-state index >= 15 is 0 Å². The minimum Gasteiger partial charge on any atom is -0.314 e. The lowest BCUT2D eigenvalue weighted by molar-refractivity contribution is 0.505. The molecule has 0 bridgehead atoms. The highest BCUT2D eigenvalue weighted by atomic mass is 35.5. The maximum atomic E-state index is 14.0. The molecule has 108 valence electrons. The fourth-order valence-electron chi connectivity index (χ4n) is 2.18. The van der Waals surface area contributed by atoms with Crippen molar-refractivity contribution in [2.24, 2.45) is 0 Å². The van der Waals surface area contributed by atoms with Crippen LogP contribution in [0.25, 0.3) is 0 Å². The van der Waals surface area contributed by atoms with Crippen molar-refractivity contribution in [2.75, 3.05) is 6.54 Å². The van der Waals surface area contributed by atoms with Crippen molar-refractivity contribution in [1.29, 1.82) is 0 Å². The summed E-state index contributed by atoms with van der Waals surface area (Å²) in [5, 5.41) is 6.70. The average molecular weight is 313 g/mol. The summed E-state index contributed by atoms with van der Waals surface area (Å²) in [6.45, 7) is 4.88. The number of likely N-dealkylation sites (N-methyl/N-ethyl adjacent to an activating group) is 1. The molecule has 0 saturated carbocycles. The van der Waals surface area contributed by atoms with Gasteiger partial charge < -0.3 is 5.32 Å². The van der Waals surface area contributed by atoms with Gasteiger partial charge in [-0.05, 0) is 31.5 Å². The summed E-state index contributed by atoms with van der Waals surface area (Å²) in [7, 11) is 0. The van der Waals surface area contributed by atoms with Crippen LogP contribution in [0.3, 0.4) is 0 Å². The zero-order chi connectivity index (χ0) is 14.5. The second-order valence-electron chi connectivity index (χ2n) is 4.76. The lowest BCUT2D eigenvalue weighted by Crippen LogP contribution is -2.33. The molecule has 2 nitrogen and oxygen atoms in total. The molecule has 1 unspecified atom stereocenters. The van der Waals surface area contributed by atoms with Crippen molar-refractivity contribution in [3.8, 4) is 0 Å². The molecule has 1 aromatic heterocycles. The monoisotopic (exact) mass is 312 g/mol. The van der Waals surface area contributed by atoms with Gasteiger partial charge in [-0.2, -0.15) is 0 Å². The van der Waals surface area contributed by atoms with Gasteiger partial charge in [0.25, 0.3) is 0 Å². The van der Waals surface area contributed by atoms with Gasteiger partial charge in [-0.15, -0.1) is 11.3 Å². The Morgan fingerprint density at radius 3 is 2.85 bits per heavy atom. The first-order chi connectivity index (χ1) is 9.60. The molecule has 0 aliphatic carbocycles. The Kier molecular flexibility index (Phi) is 5.52. The molecule has 1 heterocycles. The van der Waals surface area contributed by atoms with Crippen LogP contribution in [-0.4, -0.2) is 17.6 Å². The van der Waals surface area contributed by atoms with Crippen molar-refractivity contribution in [2.45, 2.75) is 32.7 Å². The maximum absolute atomic E-state index is 14.0. The van der Waals surface area contributed by atoms with Crippen LogP contribution in [0.15, 0.2) is 23.6 Å². The van der Waals surface area contributed by atoms with E-state index in [9.17, 15) is 4.39 Å². The highest BCUT2D eigenvalue weighted by Crippen LogP contribution is 2.20. The normalized spacial score (nSPS) is 12.6. The summed E-state index contributed by atoms with van der Waals surface area (Å²) < 4.78 is 14.0. The molecule has 0 amide bonds. The van der Waals surface area contributed by atoms with Gasteiger partial charge in [0.05, 0.1) is 10.0 Å². The van der Waals surface area contributed by atoms with Gasteiger partial charge in [0.1, 0.15) is 5.82 Å². The quantitative estimate of drug-likeness (QED) is 0.872. The van der Waals surface area contributed by atoms with Gasteiger partial charge in [-0.25, -0.2) is 9.37 Å². The van der Waals surface area contributed by atoms with E-state index in [2.05, 4.69) is 17.2 Å². The number of aromatic nitrogens is 1. The minimum absolute atomic E-state index is 0.165. The SMILES string of the molecule is CCNC(Cc1nc(C)cs1)Cc1cccc(Cl)c1F. The Labute approximate surface area is 128 Å². The third kappa shape index (κ3) is 4.01. The summed E-state index contributed by atoms with van der Waals surface area (Å²) in [5.41, 5.74) is 1.69. The van der Waals surface area contributed by atoms with E-state index in [1.807, 2.05) is 12.3 Å². The number of aryl methyl sites for hydroxylation is 1. The lowest BCUT2D eigenvalue weighted by atomic mass is 10.0. The Bertz CT molecular complexity index is 571. The summed E-state index contributed by atoms with van der Waals surface area (Å²) >= 11 is 7.48. The molecule has 20 heavy (non-hydrogen) atoms. The number of thiazole rings is 1. The number of halogens is 2. The number of nitrogens with one attached hydrogen (secondary N) is 1. The van der Waals surface area contributed by atoms with E-state index < -0.39 is 0 Å². The van der Waals surface area contributed by atoms with Gasteiger partial charge in [-0.3, -0.25) is 0 Å². The Hall–Kier alpha value is -0.970. The molecule has 2 aromatic rings. The molecule has 1 N–H and O–H groups in total. The maximum Gasteiger partial charge on any atom is 0.145 e. The molecule has 0 saturated heterocycles. The first kappa shape index (κ1) is 15.4. The molecular weight excluding hydrogens is 295 g/mol. The van der Waals surface area contributed by atoms with E-state index in [0.29, 0.717) is 12.0 Å². The molecule has 0 fully saturated rings. The Morgan fingerprint density at radius 1 is 1.40 bits per heavy atom. The fourth-order valence-corrected chi connectivity index (χ4v) is 3.23. The standard InChI is InChI=1S/C15H18ClFN2S/c1-3-18-12(8-14-19-10(2)9-20-14)7-11-5-4-6-13(16)15(11)17/h4-6,9,12,18H,3,7-8H2,1-2H3. The highest BCUT2D eigenvalue weighted by Gasteiger charge is 2.15. The molecule has 5 heteroatoms. The van der Waals surface area contributed by atoms with Gasteiger partial charge in [0, 0.05) is 23.5 Å². The van der Waals surface area contributed by atoms with Crippen LogP contribution in [0.4, 0.5) is 4.39 Å². The number of rotatable bonds is 6. The summed E-state index contributed by atoms with van der Waals surface area (Å²) in [5.74, 6) is -0.313. The van der Waals surface area contributed by atoms with Crippen LogP contribution in [0.1, 0.15) is 23.2 Å². The molecular formula is C15H18ClFN2S. The third-order valence-electron chi connectivity index (χ3n) is 3.08. The van der Waals surface area contributed by atoms with Crippen molar-refractivity contribution >= 4 is 22.9 Å². The van der Waals surface area contributed by atoms with Gasteiger partial charge in [0.2, 0.25) is 0 Å². The van der Waals surface area contributed by atoms with Crippen molar-refractivity contribution in [1.82, 2.24) is 10.3 Å².